The average molecular weight is 247 g/mol. The number of rotatable bonds is 5. The minimum absolute atomic E-state index is 0.0354. The number of nitrogens with zero attached hydrogens (tertiary/aromatic N) is 1. The first-order valence-corrected chi connectivity index (χ1v) is 6.63. The van der Waals surface area contributed by atoms with Crippen molar-refractivity contribution in [1.29, 1.82) is 0 Å². The van der Waals surface area contributed by atoms with Crippen LogP contribution in [0.3, 0.4) is 0 Å². The highest BCUT2D eigenvalue weighted by molar-refractivity contribution is 7.98. The number of carbonyl (C=O) groups excluding carboxylic acids is 1. The molecule has 1 amide bonds. The quantitative estimate of drug-likeness (QED) is 0.763. The molecular formula is C10H17NO4S. The monoisotopic (exact) mass is 247 g/mol. The summed E-state index contributed by atoms with van der Waals surface area (Å²) in [6, 6.07) is 0. The van der Waals surface area contributed by atoms with Gasteiger partial charge in [0.15, 0.2) is 0 Å². The summed E-state index contributed by atoms with van der Waals surface area (Å²) in [6.45, 7) is 1.41. The van der Waals surface area contributed by atoms with E-state index < -0.39 is 5.97 Å². The van der Waals surface area contributed by atoms with Gasteiger partial charge in [0.2, 0.25) is 5.91 Å². The maximum Gasteiger partial charge on any atom is 0.306 e. The summed E-state index contributed by atoms with van der Waals surface area (Å²) in [5.41, 5.74) is 0. The van der Waals surface area contributed by atoms with Crippen LogP contribution in [0.25, 0.3) is 0 Å². The fraction of sp³-hybridized carbons (Fsp3) is 0.800. The fourth-order valence-corrected chi connectivity index (χ4v) is 1.99. The van der Waals surface area contributed by atoms with Crippen molar-refractivity contribution in [3.8, 4) is 0 Å². The Morgan fingerprint density at radius 1 is 1.56 bits per heavy atom. The van der Waals surface area contributed by atoms with E-state index in [1.165, 1.54) is 0 Å². The van der Waals surface area contributed by atoms with E-state index in [0.717, 1.165) is 5.75 Å². The normalized spacial score (nSPS) is 20.8. The second-order valence-electron chi connectivity index (χ2n) is 3.67. The summed E-state index contributed by atoms with van der Waals surface area (Å²) in [4.78, 5) is 23.9. The van der Waals surface area contributed by atoms with Crippen LogP contribution in [0.2, 0.25) is 0 Å². The Bertz CT molecular complexity index is 259. The van der Waals surface area contributed by atoms with Crippen molar-refractivity contribution in [3.63, 3.8) is 0 Å². The first-order valence-electron chi connectivity index (χ1n) is 5.23. The maximum absolute atomic E-state index is 11.7. The van der Waals surface area contributed by atoms with Crippen LogP contribution in [-0.4, -0.2) is 59.7 Å². The molecule has 0 aromatic carbocycles. The molecule has 0 bridgehead atoms. The Morgan fingerprint density at radius 3 is 2.94 bits per heavy atom. The van der Waals surface area contributed by atoms with E-state index in [-0.39, 0.29) is 18.4 Å². The summed E-state index contributed by atoms with van der Waals surface area (Å²) in [7, 11) is 0. The second-order valence-corrected chi connectivity index (χ2v) is 4.66. The number of morpholine rings is 1. The molecule has 0 aromatic heterocycles. The molecule has 0 aromatic rings. The summed E-state index contributed by atoms with van der Waals surface area (Å²) < 4.78 is 5.29. The SMILES string of the molecule is CSCCC(=O)N1CCOC(CC(=O)O)C1. The van der Waals surface area contributed by atoms with Gasteiger partial charge in [-0.05, 0) is 6.26 Å². The molecule has 1 rings (SSSR count). The van der Waals surface area contributed by atoms with Gasteiger partial charge in [0.25, 0.3) is 0 Å². The third-order valence-corrected chi connectivity index (χ3v) is 3.03. The molecule has 16 heavy (non-hydrogen) atoms. The Morgan fingerprint density at radius 2 is 2.31 bits per heavy atom. The van der Waals surface area contributed by atoms with E-state index in [9.17, 15) is 9.59 Å². The molecule has 1 unspecified atom stereocenters. The van der Waals surface area contributed by atoms with Gasteiger partial charge in [-0.2, -0.15) is 11.8 Å². The third-order valence-electron chi connectivity index (χ3n) is 2.41. The highest BCUT2D eigenvalue weighted by Crippen LogP contribution is 2.10. The average Bonchev–Trinajstić information content (AvgIpc) is 2.25. The molecule has 0 radical (unpaired) electrons. The Balaban J connectivity index is 2.37. The van der Waals surface area contributed by atoms with Crippen molar-refractivity contribution < 1.29 is 19.4 Å². The Labute approximate surface area is 99.1 Å². The van der Waals surface area contributed by atoms with Gasteiger partial charge < -0.3 is 14.7 Å². The number of carbonyl (C=O) groups is 2. The molecular weight excluding hydrogens is 230 g/mol. The molecule has 1 atom stereocenters. The van der Waals surface area contributed by atoms with Crippen molar-refractivity contribution in [1.82, 2.24) is 4.90 Å². The third kappa shape index (κ3) is 4.40. The molecule has 0 spiro atoms. The fourth-order valence-electron chi connectivity index (χ4n) is 1.61. The van der Waals surface area contributed by atoms with Gasteiger partial charge in [0.05, 0.1) is 19.1 Å². The van der Waals surface area contributed by atoms with E-state index in [1.54, 1.807) is 16.7 Å². The zero-order valence-corrected chi connectivity index (χ0v) is 10.2. The maximum atomic E-state index is 11.7. The molecule has 1 saturated heterocycles. The van der Waals surface area contributed by atoms with Crippen LogP contribution in [0.1, 0.15) is 12.8 Å². The molecule has 0 aliphatic carbocycles. The topological polar surface area (TPSA) is 66.8 Å². The molecule has 1 aliphatic rings. The number of ether oxygens (including phenoxy) is 1. The number of carboxylic acid groups (broad SMARTS) is 1. The first kappa shape index (κ1) is 13.3. The number of carboxylic acids is 1. The number of aliphatic carboxylic acids is 1. The van der Waals surface area contributed by atoms with E-state index >= 15 is 0 Å². The standard InChI is InChI=1S/C10H17NO4S/c1-16-5-2-9(12)11-3-4-15-8(7-11)6-10(13)14/h8H,2-7H2,1H3,(H,13,14). The second kappa shape index (κ2) is 6.75. The lowest BCUT2D eigenvalue weighted by Gasteiger charge is -2.32. The number of amides is 1. The van der Waals surface area contributed by atoms with Crippen molar-refractivity contribution >= 4 is 23.6 Å². The molecule has 0 saturated carbocycles. The lowest BCUT2D eigenvalue weighted by molar-refractivity contribution is -0.147. The predicted octanol–water partition coefficient (Wildman–Crippen LogP) is 0.442. The van der Waals surface area contributed by atoms with Crippen LogP contribution in [0.4, 0.5) is 0 Å². The van der Waals surface area contributed by atoms with E-state index in [2.05, 4.69) is 0 Å². The predicted molar refractivity (Wildman–Crippen MR) is 61.6 cm³/mol. The van der Waals surface area contributed by atoms with Gasteiger partial charge in [0.1, 0.15) is 0 Å². The zero-order valence-electron chi connectivity index (χ0n) is 9.35. The van der Waals surface area contributed by atoms with Crippen LogP contribution in [0.15, 0.2) is 0 Å². The van der Waals surface area contributed by atoms with E-state index in [1.807, 2.05) is 6.26 Å². The highest BCUT2D eigenvalue weighted by atomic mass is 32.2. The van der Waals surface area contributed by atoms with Crippen molar-refractivity contribution in [3.05, 3.63) is 0 Å². The van der Waals surface area contributed by atoms with Crippen molar-refractivity contribution in [2.45, 2.75) is 18.9 Å². The van der Waals surface area contributed by atoms with Crippen molar-refractivity contribution in [2.24, 2.45) is 0 Å². The van der Waals surface area contributed by atoms with Gasteiger partial charge in [-0.15, -0.1) is 0 Å². The Hall–Kier alpha value is -0.750. The number of thioether (sulfide) groups is 1. The molecule has 1 aliphatic heterocycles. The van der Waals surface area contributed by atoms with Crippen LogP contribution < -0.4 is 0 Å². The molecule has 1 fully saturated rings. The number of hydrogen-bond donors (Lipinski definition) is 1. The van der Waals surface area contributed by atoms with Crippen LogP contribution in [0, 0.1) is 0 Å². The van der Waals surface area contributed by atoms with Crippen LogP contribution >= 0.6 is 11.8 Å². The largest absolute Gasteiger partial charge is 0.481 e. The molecule has 6 heteroatoms. The molecule has 92 valence electrons. The zero-order chi connectivity index (χ0) is 12.0. The minimum Gasteiger partial charge on any atom is -0.481 e. The summed E-state index contributed by atoms with van der Waals surface area (Å²) >= 11 is 1.63. The van der Waals surface area contributed by atoms with E-state index in [4.69, 9.17) is 9.84 Å². The first-order chi connectivity index (χ1) is 7.63. The molecule has 1 N–H and O–H groups in total. The highest BCUT2D eigenvalue weighted by Gasteiger charge is 2.25. The smallest absolute Gasteiger partial charge is 0.306 e. The van der Waals surface area contributed by atoms with Gasteiger partial charge in [-0.25, -0.2) is 0 Å². The van der Waals surface area contributed by atoms with Crippen LogP contribution in [0.5, 0.6) is 0 Å². The minimum atomic E-state index is -0.886. The van der Waals surface area contributed by atoms with Gasteiger partial charge in [-0.3, -0.25) is 9.59 Å². The van der Waals surface area contributed by atoms with Crippen LogP contribution in [-0.2, 0) is 14.3 Å². The number of hydrogen-bond acceptors (Lipinski definition) is 4. The molecule has 1 heterocycles. The van der Waals surface area contributed by atoms with Crippen molar-refractivity contribution in [2.75, 3.05) is 31.7 Å². The lowest BCUT2D eigenvalue weighted by Crippen LogP contribution is -2.46. The van der Waals surface area contributed by atoms with Gasteiger partial charge >= 0.3 is 5.97 Å². The Kier molecular flexibility index (Phi) is 5.62. The van der Waals surface area contributed by atoms with Gasteiger partial charge in [0, 0.05) is 25.3 Å². The summed E-state index contributed by atoms with van der Waals surface area (Å²) in [6.07, 6.45) is 2.08. The van der Waals surface area contributed by atoms with Gasteiger partial charge in [-0.1, -0.05) is 0 Å². The molecule has 5 nitrogen and oxygen atoms in total. The lowest BCUT2D eigenvalue weighted by atomic mass is 10.2. The summed E-state index contributed by atoms with van der Waals surface area (Å²) in [5.74, 6) is 0.0104. The summed E-state index contributed by atoms with van der Waals surface area (Å²) in [5, 5.41) is 8.65. The van der Waals surface area contributed by atoms with E-state index in [0.29, 0.717) is 26.1 Å².